The van der Waals surface area contributed by atoms with Gasteiger partial charge in [-0.25, -0.2) is 4.79 Å². The highest BCUT2D eigenvalue weighted by molar-refractivity contribution is 5.85. The Morgan fingerprint density at radius 3 is 2.45 bits per heavy atom. The minimum Gasteiger partial charge on any atom is -0.447 e. The van der Waals surface area contributed by atoms with E-state index in [2.05, 4.69) is 0 Å². The molecule has 0 bridgehead atoms. The third-order valence-corrected chi connectivity index (χ3v) is 5.11. The van der Waals surface area contributed by atoms with Crippen LogP contribution in [0.1, 0.15) is 30.9 Å². The Morgan fingerprint density at radius 1 is 1.00 bits per heavy atom. The molecule has 1 amide bonds. The van der Waals surface area contributed by atoms with Crippen LogP contribution < -0.4 is 5.76 Å². The van der Waals surface area contributed by atoms with E-state index in [1.165, 1.54) is 4.57 Å². The van der Waals surface area contributed by atoms with Crippen LogP contribution in [0.15, 0.2) is 63.8 Å². The van der Waals surface area contributed by atoms with Gasteiger partial charge in [0.1, 0.15) is 0 Å². The van der Waals surface area contributed by atoms with Gasteiger partial charge >= 0.3 is 11.7 Å². The van der Waals surface area contributed by atoms with Crippen molar-refractivity contribution in [3.8, 4) is 0 Å². The zero-order valence-electron chi connectivity index (χ0n) is 16.0. The van der Waals surface area contributed by atoms with Gasteiger partial charge in [0.2, 0.25) is 6.10 Å². The SMILES string of the molecule is O=C(CCn1c(=O)oc2ccccc21)O[C@H](C(=O)N1CCCC1)c1ccccc1. The van der Waals surface area contributed by atoms with Gasteiger partial charge in [-0.3, -0.25) is 14.2 Å². The Bertz CT molecular complexity index is 1060. The van der Waals surface area contributed by atoms with Gasteiger partial charge in [-0.1, -0.05) is 42.5 Å². The van der Waals surface area contributed by atoms with Gasteiger partial charge in [-0.15, -0.1) is 0 Å². The van der Waals surface area contributed by atoms with Gasteiger partial charge < -0.3 is 14.1 Å². The first-order valence-corrected chi connectivity index (χ1v) is 9.75. The number of ether oxygens (including phenoxy) is 1. The predicted molar refractivity (Wildman–Crippen MR) is 106 cm³/mol. The molecule has 1 aliphatic rings. The van der Waals surface area contributed by atoms with Crippen molar-refractivity contribution in [2.45, 2.75) is 31.9 Å². The van der Waals surface area contributed by atoms with E-state index < -0.39 is 17.8 Å². The molecule has 0 radical (unpaired) electrons. The van der Waals surface area contributed by atoms with Gasteiger partial charge in [0.05, 0.1) is 11.9 Å². The maximum absolute atomic E-state index is 12.9. The molecule has 0 spiro atoms. The maximum Gasteiger partial charge on any atom is 0.419 e. The van der Waals surface area contributed by atoms with Crippen LogP contribution in [0.25, 0.3) is 11.1 Å². The molecule has 4 rings (SSSR count). The number of aryl methyl sites for hydroxylation is 1. The normalized spacial score (nSPS) is 14.8. The lowest BCUT2D eigenvalue weighted by atomic mass is 10.1. The summed E-state index contributed by atoms with van der Waals surface area (Å²) in [5.41, 5.74) is 1.74. The largest absolute Gasteiger partial charge is 0.447 e. The van der Waals surface area contributed by atoms with Crippen LogP contribution >= 0.6 is 0 Å². The van der Waals surface area contributed by atoms with E-state index in [1.54, 1.807) is 41.3 Å². The standard InChI is InChI=1S/C22H22N2O5/c25-19(12-15-24-17-10-4-5-11-18(17)28-22(24)27)29-20(16-8-2-1-3-9-16)21(26)23-13-6-7-14-23/h1-5,8-11,20H,6-7,12-15H2/t20-/m0/s1. The van der Waals surface area contributed by atoms with E-state index in [4.69, 9.17) is 9.15 Å². The number of likely N-dealkylation sites (tertiary alicyclic amines) is 1. The summed E-state index contributed by atoms with van der Waals surface area (Å²) >= 11 is 0. The van der Waals surface area contributed by atoms with Crippen molar-refractivity contribution in [3.05, 3.63) is 70.7 Å². The molecule has 1 aliphatic heterocycles. The Kier molecular flexibility index (Phi) is 5.46. The summed E-state index contributed by atoms with van der Waals surface area (Å²) in [6, 6.07) is 16.1. The predicted octanol–water partition coefficient (Wildman–Crippen LogP) is 2.89. The number of para-hydroxylation sites is 2. The summed E-state index contributed by atoms with van der Waals surface area (Å²) in [6.07, 6.45) is 0.898. The van der Waals surface area contributed by atoms with Crippen molar-refractivity contribution in [1.82, 2.24) is 9.47 Å². The number of amides is 1. The fraction of sp³-hybridized carbons (Fsp3) is 0.318. The first kappa shape index (κ1) is 19.0. The summed E-state index contributed by atoms with van der Waals surface area (Å²) in [5, 5.41) is 0. The van der Waals surface area contributed by atoms with Crippen molar-refractivity contribution < 1.29 is 18.7 Å². The lowest BCUT2D eigenvalue weighted by Gasteiger charge is -2.23. The highest BCUT2D eigenvalue weighted by atomic mass is 16.5. The van der Waals surface area contributed by atoms with E-state index in [-0.39, 0.29) is 18.9 Å². The van der Waals surface area contributed by atoms with Crippen molar-refractivity contribution in [2.24, 2.45) is 0 Å². The van der Waals surface area contributed by atoms with Crippen LogP contribution in [0.5, 0.6) is 0 Å². The monoisotopic (exact) mass is 394 g/mol. The number of fused-ring (bicyclic) bond motifs is 1. The zero-order valence-corrected chi connectivity index (χ0v) is 16.0. The second kappa shape index (κ2) is 8.34. The molecule has 1 saturated heterocycles. The number of hydrogen-bond acceptors (Lipinski definition) is 5. The topological polar surface area (TPSA) is 81.7 Å². The van der Waals surface area contributed by atoms with Crippen molar-refractivity contribution in [1.29, 1.82) is 0 Å². The van der Waals surface area contributed by atoms with Crippen LogP contribution in [0, 0.1) is 0 Å². The quantitative estimate of drug-likeness (QED) is 0.601. The summed E-state index contributed by atoms with van der Waals surface area (Å²) in [4.78, 5) is 39.3. The molecule has 0 unspecified atom stereocenters. The van der Waals surface area contributed by atoms with Crippen molar-refractivity contribution in [2.75, 3.05) is 13.1 Å². The smallest absolute Gasteiger partial charge is 0.419 e. The number of carbonyl (C=O) groups excluding carboxylic acids is 2. The van der Waals surface area contributed by atoms with Gasteiger partial charge in [-0.2, -0.15) is 0 Å². The molecular formula is C22H22N2O5. The number of rotatable bonds is 6. The van der Waals surface area contributed by atoms with E-state index >= 15 is 0 Å². The molecule has 7 nitrogen and oxygen atoms in total. The minimum atomic E-state index is -0.973. The highest BCUT2D eigenvalue weighted by Gasteiger charge is 2.30. The molecule has 2 aromatic carbocycles. The fourth-order valence-electron chi connectivity index (χ4n) is 3.61. The lowest BCUT2D eigenvalue weighted by molar-refractivity contribution is -0.160. The van der Waals surface area contributed by atoms with Crippen LogP contribution in [-0.4, -0.2) is 34.4 Å². The fourth-order valence-corrected chi connectivity index (χ4v) is 3.61. The Labute approximate surface area is 167 Å². The number of esters is 1. The third-order valence-electron chi connectivity index (χ3n) is 5.11. The maximum atomic E-state index is 12.9. The Hall–Kier alpha value is -3.35. The number of hydrogen-bond donors (Lipinski definition) is 0. The zero-order chi connectivity index (χ0) is 20.2. The molecule has 0 N–H and O–H groups in total. The second-order valence-corrected chi connectivity index (χ2v) is 7.05. The van der Waals surface area contributed by atoms with Crippen LogP contribution in [0.3, 0.4) is 0 Å². The molecule has 150 valence electrons. The average Bonchev–Trinajstić information content (AvgIpc) is 3.38. The summed E-state index contributed by atoms with van der Waals surface area (Å²) in [7, 11) is 0. The van der Waals surface area contributed by atoms with Crippen molar-refractivity contribution in [3.63, 3.8) is 0 Å². The number of carbonyl (C=O) groups is 2. The molecule has 0 aliphatic carbocycles. The average molecular weight is 394 g/mol. The highest BCUT2D eigenvalue weighted by Crippen LogP contribution is 2.23. The van der Waals surface area contributed by atoms with Crippen LogP contribution in [0.2, 0.25) is 0 Å². The first-order valence-electron chi connectivity index (χ1n) is 9.75. The lowest BCUT2D eigenvalue weighted by Crippen LogP contribution is -2.35. The number of benzene rings is 2. The first-order chi connectivity index (χ1) is 14.1. The second-order valence-electron chi connectivity index (χ2n) is 7.05. The van der Waals surface area contributed by atoms with Gasteiger partial charge in [0, 0.05) is 25.2 Å². The molecule has 29 heavy (non-hydrogen) atoms. The van der Waals surface area contributed by atoms with Gasteiger partial charge in [0.25, 0.3) is 5.91 Å². The third kappa shape index (κ3) is 4.08. The number of nitrogens with zero attached hydrogens (tertiary/aromatic N) is 2. The number of oxazole rings is 1. The summed E-state index contributed by atoms with van der Waals surface area (Å²) in [6.45, 7) is 1.47. The Morgan fingerprint density at radius 2 is 1.69 bits per heavy atom. The molecule has 7 heteroatoms. The van der Waals surface area contributed by atoms with E-state index in [1.807, 2.05) is 18.2 Å². The molecule has 1 aromatic heterocycles. The summed E-state index contributed by atoms with van der Waals surface area (Å²) in [5.74, 6) is -1.26. The van der Waals surface area contributed by atoms with Crippen LogP contribution in [0.4, 0.5) is 0 Å². The molecule has 1 atom stereocenters. The van der Waals surface area contributed by atoms with Crippen LogP contribution in [-0.2, 0) is 20.9 Å². The molecule has 0 saturated carbocycles. The van der Waals surface area contributed by atoms with E-state index in [0.29, 0.717) is 29.8 Å². The summed E-state index contributed by atoms with van der Waals surface area (Å²) < 4.78 is 12.2. The molecular weight excluding hydrogens is 372 g/mol. The molecule has 3 aromatic rings. The van der Waals surface area contributed by atoms with E-state index in [9.17, 15) is 14.4 Å². The van der Waals surface area contributed by atoms with Gasteiger partial charge in [0.15, 0.2) is 5.58 Å². The Balaban J connectivity index is 1.48. The van der Waals surface area contributed by atoms with Crippen molar-refractivity contribution >= 4 is 23.0 Å². The minimum absolute atomic E-state index is 0.0416. The molecule has 2 heterocycles. The van der Waals surface area contributed by atoms with E-state index in [0.717, 1.165) is 12.8 Å². The van der Waals surface area contributed by atoms with Gasteiger partial charge in [-0.05, 0) is 25.0 Å². The molecule has 1 fully saturated rings. The number of aromatic nitrogens is 1.